The zero-order valence-electron chi connectivity index (χ0n) is 18.5. The molecular weight excluding hydrogens is 414 g/mol. The van der Waals surface area contributed by atoms with Gasteiger partial charge < -0.3 is 14.6 Å². The summed E-state index contributed by atoms with van der Waals surface area (Å²) in [6, 6.07) is 12.5. The van der Waals surface area contributed by atoms with E-state index in [0.29, 0.717) is 18.9 Å². The molecule has 1 fully saturated rings. The van der Waals surface area contributed by atoms with Crippen molar-refractivity contribution < 1.29 is 4.74 Å². The summed E-state index contributed by atoms with van der Waals surface area (Å²) in [5.74, 6) is 1.49. The van der Waals surface area contributed by atoms with Crippen LogP contribution in [0.15, 0.2) is 53.7 Å². The Labute approximate surface area is 191 Å². The number of allylic oxidation sites excluding steroid dienone is 1. The quantitative estimate of drug-likeness (QED) is 0.516. The average molecular weight is 440 g/mol. The van der Waals surface area contributed by atoms with E-state index in [1.54, 1.807) is 0 Å². The summed E-state index contributed by atoms with van der Waals surface area (Å²) in [5.41, 5.74) is 6.73. The summed E-state index contributed by atoms with van der Waals surface area (Å²) in [7, 11) is 0. The lowest BCUT2D eigenvalue weighted by atomic mass is 10.1. The minimum absolute atomic E-state index is 0.665. The van der Waals surface area contributed by atoms with E-state index < -0.39 is 0 Å². The molecule has 6 rings (SSSR count). The average Bonchev–Trinajstić information content (AvgIpc) is 3.52. The zero-order valence-corrected chi connectivity index (χ0v) is 18.5. The topological polar surface area (TPSA) is 84.2 Å². The summed E-state index contributed by atoms with van der Waals surface area (Å²) in [5, 5.41) is 4.82. The first-order valence-electron chi connectivity index (χ1n) is 11.3. The number of pyridine rings is 1. The summed E-state index contributed by atoms with van der Waals surface area (Å²) >= 11 is 0. The maximum Gasteiger partial charge on any atom is 0.182 e. The number of nitrogens with zero attached hydrogens (tertiary/aromatic N) is 6. The van der Waals surface area contributed by atoms with Crippen LogP contribution in [0.5, 0.6) is 0 Å². The molecule has 1 aromatic carbocycles. The molecule has 8 heteroatoms. The van der Waals surface area contributed by atoms with Gasteiger partial charge in [-0.1, -0.05) is 29.8 Å². The third kappa shape index (κ3) is 3.82. The van der Waals surface area contributed by atoms with E-state index in [4.69, 9.17) is 19.8 Å². The fourth-order valence-electron chi connectivity index (χ4n) is 4.33. The van der Waals surface area contributed by atoms with Crippen LogP contribution in [0.1, 0.15) is 24.2 Å². The van der Waals surface area contributed by atoms with Crippen molar-refractivity contribution in [1.29, 1.82) is 0 Å². The molecule has 0 bridgehead atoms. The summed E-state index contributed by atoms with van der Waals surface area (Å²) in [4.78, 5) is 20.0. The van der Waals surface area contributed by atoms with Crippen molar-refractivity contribution in [3.8, 4) is 17.1 Å². The Morgan fingerprint density at radius 2 is 1.94 bits per heavy atom. The lowest BCUT2D eigenvalue weighted by Gasteiger charge is -2.29. The fraction of sp³-hybridized carbons (Fsp3) is 0.280. The van der Waals surface area contributed by atoms with Crippen molar-refractivity contribution in [3.05, 3.63) is 60.1 Å². The second-order valence-electron chi connectivity index (χ2n) is 8.38. The van der Waals surface area contributed by atoms with Gasteiger partial charge in [0.25, 0.3) is 0 Å². The van der Waals surface area contributed by atoms with Crippen LogP contribution in [-0.4, -0.2) is 57.3 Å². The normalized spacial score (nSPS) is 16.4. The number of morpholine rings is 1. The number of ether oxygens (including phenoxy) is 1. The van der Waals surface area contributed by atoms with Gasteiger partial charge in [-0.15, -0.1) is 0 Å². The van der Waals surface area contributed by atoms with Crippen molar-refractivity contribution in [1.82, 2.24) is 24.7 Å². The van der Waals surface area contributed by atoms with Gasteiger partial charge in [-0.3, -0.25) is 4.99 Å². The summed E-state index contributed by atoms with van der Waals surface area (Å²) in [6.07, 6.45) is 7.96. The molecule has 1 N–H and O–H groups in total. The lowest BCUT2D eigenvalue weighted by Crippen LogP contribution is -2.36. The van der Waals surface area contributed by atoms with Crippen molar-refractivity contribution in [2.24, 2.45) is 4.99 Å². The van der Waals surface area contributed by atoms with E-state index in [1.165, 1.54) is 5.56 Å². The second kappa shape index (κ2) is 8.29. The Morgan fingerprint density at radius 3 is 2.76 bits per heavy atom. The van der Waals surface area contributed by atoms with Gasteiger partial charge in [0.1, 0.15) is 11.2 Å². The van der Waals surface area contributed by atoms with Gasteiger partial charge in [0, 0.05) is 37.1 Å². The molecule has 33 heavy (non-hydrogen) atoms. The van der Waals surface area contributed by atoms with Crippen LogP contribution in [0.4, 0.5) is 5.69 Å². The SMILES string of the molecule is Cc1cccc(-c2ccn(-c3cc(N4CCOCC4)c4[nH]c(C5=CCCC=N5)nc4n3)n2)c1. The van der Waals surface area contributed by atoms with Crippen LogP contribution in [0, 0.1) is 6.92 Å². The molecule has 2 aliphatic rings. The molecular formula is C25H25N7O. The van der Waals surface area contributed by atoms with Crippen molar-refractivity contribution in [3.63, 3.8) is 0 Å². The molecule has 166 valence electrons. The van der Waals surface area contributed by atoms with Crippen LogP contribution in [0.25, 0.3) is 33.9 Å². The molecule has 3 aromatic heterocycles. The fourth-order valence-corrected chi connectivity index (χ4v) is 4.33. The molecule has 0 radical (unpaired) electrons. The third-order valence-electron chi connectivity index (χ3n) is 6.02. The molecule has 0 atom stereocenters. The number of fused-ring (bicyclic) bond motifs is 1. The van der Waals surface area contributed by atoms with E-state index in [9.17, 15) is 0 Å². The number of aliphatic imine (C=N–C) groups is 1. The molecule has 0 spiro atoms. The molecule has 1 saturated heterocycles. The van der Waals surface area contributed by atoms with Gasteiger partial charge in [-0.25, -0.2) is 14.6 Å². The van der Waals surface area contributed by atoms with E-state index in [0.717, 1.165) is 65.7 Å². The highest BCUT2D eigenvalue weighted by Gasteiger charge is 2.20. The molecule has 0 unspecified atom stereocenters. The van der Waals surface area contributed by atoms with Crippen LogP contribution in [-0.2, 0) is 4.74 Å². The molecule has 5 heterocycles. The number of hydrogen-bond donors (Lipinski definition) is 1. The minimum atomic E-state index is 0.665. The number of H-pyrrole nitrogens is 1. The van der Waals surface area contributed by atoms with Crippen LogP contribution >= 0.6 is 0 Å². The number of imidazole rings is 1. The second-order valence-corrected chi connectivity index (χ2v) is 8.38. The number of rotatable bonds is 4. The molecule has 0 amide bonds. The van der Waals surface area contributed by atoms with Crippen molar-refractivity contribution >= 4 is 28.8 Å². The highest BCUT2D eigenvalue weighted by Crippen LogP contribution is 2.30. The van der Waals surface area contributed by atoms with Crippen LogP contribution in [0.3, 0.4) is 0 Å². The summed E-state index contributed by atoms with van der Waals surface area (Å²) < 4.78 is 7.41. The Bertz CT molecular complexity index is 1370. The molecule has 2 aliphatic heterocycles. The van der Waals surface area contributed by atoms with E-state index >= 15 is 0 Å². The highest BCUT2D eigenvalue weighted by atomic mass is 16.5. The predicted molar refractivity (Wildman–Crippen MR) is 130 cm³/mol. The number of anilines is 1. The number of aromatic nitrogens is 5. The predicted octanol–water partition coefficient (Wildman–Crippen LogP) is 4.16. The third-order valence-corrected chi connectivity index (χ3v) is 6.02. The Morgan fingerprint density at radius 1 is 1.03 bits per heavy atom. The van der Waals surface area contributed by atoms with Crippen molar-refractivity contribution in [2.75, 3.05) is 31.2 Å². The van der Waals surface area contributed by atoms with Gasteiger partial charge in [0.05, 0.1) is 24.6 Å². The van der Waals surface area contributed by atoms with Crippen LogP contribution in [0.2, 0.25) is 0 Å². The van der Waals surface area contributed by atoms with Crippen LogP contribution < -0.4 is 4.90 Å². The molecule has 0 aliphatic carbocycles. The lowest BCUT2D eigenvalue weighted by molar-refractivity contribution is 0.123. The molecule has 8 nitrogen and oxygen atoms in total. The minimum Gasteiger partial charge on any atom is -0.378 e. The van der Waals surface area contributed by atoms with Crippen molar-refractivity contribution in [2.45, 2.75) is 19.8 Å². The smallest absolute Gasteiger partial charge is 0.182 e. The summed E-state index contributed by atoms with van der Waals surface area (Å²) in [6.45, 7) is 5.14. The Kier molecular flexibility index (Phi) is 4.99. The number of nitrogens with one attached hydrogen (secondary N) is 1. The van der Waals surface area contributed by atoms with Gasteiger partial charge >= 0.3 is 0 Å². The Hall–Kier alpha value is -3.78. The van der Waals surface area contributed by atoms with Gasteiger partial charge in [0.15, 0.2) is 17.3 Å². The maximum atomic E-state index is 5.58. The van der Waals surface area contributed by atoms with Gasteiger partial charge in [-0.05, 0) is 31.9 Å². The highest BCUT2D eigenvalue weighted by molar-refractivity contribution is 5.90. The standard InChI is InChI=1S/C25H25N7O/c1-17-5-4-6-18(15-17)19-8-10-32(30-19)22-16-21(31-11-13-33-14-12-31)23-25(27-22)29-24(28-23)20-7-2-3-9-26-20/h4-10,15-16H,2-3,11-14H2,1H3,(H,27,28,29). The first-order valence-corrected chi connectivity index (χ1v) is 11.3. The monoisotopic (exact) mass is 439 g/mol. The first kappa shape index (κ1) is 19.9. The van der Waals surface area contributed by atoms with E-state index in [2.05, 4.69) is 58.2 Å². The van der Waals surface area contributed by atoms with E-state index in [-0.39, 0.29) is 0 Å². The van der Waals surface area contributed by atoms with Gasteiger partial charge in [0.2, 0.25) is 0 Å². The maximum absolute atomic E-state index is 5.58. The van der Waals surface area contributed by atoms with Gasteiger partial charge in [-0.2, -0.15) is 5.10 Å². The molecule has 0 saturated carbocycles. The number of hydrogen-bond acceptors (Lipinski definition) is 6. The number of aromatic amines is 1. The largest absolute Gasteiger partial charge is 0.378 e. The number of aryl methyl sites for hydroxylation is 1. The zero-order chi connectivity index (χ0) is 22.2. The molecule has 4 aromatic rings. The Balaban J connectivity index is 1.45. The number of benzene rings is 1. The van der Waals surface area contributed by atoms with E-state index in [1.807, 2.05) is 23.2 Å². The first-order chi connectivity index (χ1) is 16.2.